The molecule has 0 heterocycles. The molecule has 1 aromatic carbocycles. The molecule has 0 fully saturated rings. The standard InChI is InChI=1S/C16H26N2O2/c1-15(2,3)11-8-9-13(20-7)12(10-11)18-14(19)16(4,5)17-6/h8-10,17H,1-7H3,(H,18,19). The van der Waals surface area contributed by atoms with E-state index in [0.29, 0.717) is 11.4 Å². The predicted octanol–water partition coefficient (Wildman–Crippen LogP) is 2.93. The van der Waals surface area contributed by atoms with Crippen molar-refractivity contribution in [1.82, 2.24) is 5.32 Å². The number of benzene rings is 1. The summed E-state index contributed by atoms with van der Waals surface area (Å²) in [6, 6.07) is 5.89. The van der Waals surface area contributed by atoms with Gasteiger partial charge in [-0.05, 0) is 44.0 Å². The Hall–Kier alpha value is -1.55. The van der Waals surface area contributed by atoms with Crippen LogP contribution in [0.1, 0.15) is 40.2 Å². The Labute approximate surface area is 121 Å². The molecular weight excluding hydrogens is 252 g/mol. The van der Waals surface area contributed by atoms with Gasteiger partial charge in [0.05, 0.1) is 18.3 Å². The quantitative estimate of drug-likeness (QED) is 0.890. The van der Waals surface area contributed by atoms with E-state index in [2.05, 4.69) is 31.4 Å². The summed E-state index contributed by atoms with van der Waals surface area (Å²) in [6.07, 6.45) is 0. The first kappa shape index (κ1) is 16.5. The highest BCUT2D eigenvalue weighted by Crippen LogP contribution is 2.31. The van der Waals surface area contributed by atoms with Crippen LogP contribution in [-0.2, 0) is 10.2 Å². The molecular formula is C16H26N2O2. The Morgan fingerprint density at radius 2 is 1.75 bits per heavy atom. The van der Waals surface area contributed by atoms with Gasteiger partial charge >= 0.3 is 0 Å². The van der Waals surface area contributed by atoms with Crippen LogP contribution in [0.15, 0.2) is 18.2 Å². The highest BCUT2D eigenvalue weighted by atomic mass is 16.5. The van der Waals surface area contributed by atoms with Crippen LogP contribution >= 0.6 is 0 Å². The number of methoxy groups -OCH3 is 1. The molecule has 4 heteroatoms. The van der Waals surface area contributed by atoms with E-state index in [0.717, 1.165) is 5.56 Å². The summed E-state index contributed by atoms with van der Waals surface area (Å²) in [5.74, 6) is 0.572. The van der Waals surface area contributed by atoms with Crippen molar-refractivity contribution in [3.8, 4) is 5.75 Å². The maximum atomic E-state index is 12.3. The highest BCUT2D eigenvalue weighted by molar-refractivity contribution is 5.98. The van der Waals surface area contributed by atoms with Gasteiger partial charge in [0, 0.05) is 0 Å². The highest BCUT2D eigenvalue weighted by Gasteiger charge is 2.26. The van der Waals surface area contributed by atoms with Crippen LogP contribution in [-0.4, -0.2) is 25.6 Å². The Bertz CT molecular complexity index is 488. The Kier molecular flexibility index (Phi) is 4.81. The smallest absolute Gasteiger partial charge is 0.244 e. The predicted molar refractivity (Wildman–Crippen MR) is 83.5 cm³/mol. The number of carbonyl (C=O) groups is 1. The summed E-state index contributed by atoms with van der Waals surface area (Å²) in [4.78, 5) is 12.3. The lowest BCUT2D eigenvalue weighted by Gasteiger charge is -2.25. The van der Waals surface area contributed by atoms with E-state index >= 15 is 0 Å². The molecule has 2 N–H and O–H groups in total. The molecule has 0 spiro atoms. The van der Waals surface area contributed by atoms with E-state index in [-0.39, 0.29) is 11.3 Å². The number of nitrogens with one attached hydrogen (secondary N) is 2. The number of amides is 1. The van der Waals surface area contributed by atoms with Crippen molar-refractivity contribution in [3.05, 3.63) is 23.8 Å². The van der Waals surface area contributed by atoms with Gasteiger partial charge in [0.1, 0.15) is 5.75 Å². The van der Waals surface area contributed by atoms with Crippen LogP contribution in [0.25, 0.3) is 0 Å². The molecule has 0 unspecified atom stereocenters. The minimum absolute atomic E-state index is 0.0181. The zero-order valence-corrected chi connectivity index (χ0v) is 13.5. The Balaban J connectivity index is 3.13. The summed E-state index contributed by atoms with van der Waals surface area (Å²) < 4.78 is 5.33. The van der Waals surface area contributed by atoms with E-state index in [9.17, 15) is 4.79 Å². The molecule has 1 aromatic rings. The topological polar surface area (TPSA) is 50.4 Å². The van der Waals surface area contributed by atoms with Crippen LogP contribution in [0.3, 0.4) is 0 Å². The van der Waals surface area contributed by atoms with Crippen molar-refractivity contribution < 1.29 is 9.53 Å². The fourth-order valence-corrected chi connectivity index (χ4v) is 1.66. The van der Waals surface area contributed by atoms with Gasteiger partial charge in [-0.2, -0.15) is 0 Å². The molecule has 0 saturated heterocycles. The average Bonchev–Trinajstić information content (AvgIpc) is 2.37. The zero-order valence-electron chi connectivity index (χ0n) is 13.5. The first-order valence-corrected chi connectivity index (χ1v) is 6.80. The van der Waals surface area contributed by atoms with Gasteiger partial charge in [-0.15, -0.1) is 0 Å². The van der Waals surface area contributed by atoms with Gasteiger partial charge < -0.3 is 15.4 Å². The molecule has 1 rings (SSSR count). The lowest BCUT2D eigenvalue weighted by atomic mass is 9.86. The number of hydrogen-bond acceptors (Lipinski definition) is 3. The zero-order chi connectivity index (χ0) is 15.6. The van der Waals surface area contributed by atoms with E-state index in [1.807, 2.05) is 32.0 Å². The van der Waals surface area contributed by atoms with Crippen molar-refractivity contribution in [2.75, 3.05) is 19.5 Å². The van der Waals surface area contributed by atoms with Gasteiger partial charge in [-0.1, -0.05) is 26.8 Å². The molecule has 0 aliphatic carbocycles. The molecule has 20 heavy (non-hydrogen) atoms. The molecule has 112 valence electrons. The number of carbonyl (C=O) groups excluding carboxylic acids is 1. The van der Waals surface area contributed by atoms with Gasteiger partial charge in [0.2, 0.25) is 5.91 Å². The normalized spacial score (nSPS) is 12.2. The van der Waals surface area contributed by atoms with E-state index in [1.54, 1.807) is 14.2 Å². The molecule has 4 nitrogen and oxygen atoms in total. The molecule has 0 bridgehead atoms. The molecule has 0 aliphatic rings. The van der Waals surface area contributed by atoms with Crippen LogP contribution < -0.4 is 15.4 Å². The second-order valence-corrected chi connectivity index (χ2v) is 6.49. The second-order valence-electron chi connectivity index (χ2n) is 6.49. The van der Waals surface area contributed by atoms with Crippen LogP contribution in [0.5, 0.6) is 5.75 Å². The fraction of sp³-hybridized carbons (Fsp3) is 0.562. The first-order valence-electron chi connectivity index (χ1n) is 6.80. The third-order valence-electron chi connectivity index (χ3n) is 3.51. The molecule has 0 aliphatic heterocycles. The molecule has 1 amide bonds. The van der Waals surface area contributed by atoms with Gasteiger partial charge in [-0.25, -0.2) is 0 Å². The first-order chi connectivity index (χ1) is 9.11. The summed E-state index contributed by atoms with van der Waals surface area (Å²) in [5, 5.41) is 5.93. The lowest BCUT2D eigenvalue weighted by Crippen LogP contribution is -2.47. The van der Waals surface area contributed by atoms with Crippen molar-refractivity contribution in [2.24, 2.45) is 0 Å². The number of likely N-dealkylation sites (N-methyl/N-ethyl adjacent to an activating group) is 1. The van der Waals surface area contributed by atoms with Gasteiger partial charge in [0.25, 0.3) is 0 Å². The lowest BCUT2D eigenvalue weighted by molar-refractivity contribution is -0.121. The maximum Gasteiger partial charge on any atom is 0.244 e. The third-order valence-corrected chi connectivity index (χ3v) is 3.51. The number of hydrogen-bond donors (Lipinski definition) is 2. The van der Waals surface area contributed by atoms with Crippen molar-refractivity contribution in [3.63, 3.8) is 0 Å². The largest absolute Gasteiger partial charge is 0.495 e. The summed E-state index contributed by atoms with van der Waals surface area (Å²) in [5.41, 5.74) is 1.23. The Morgan fingerprint density at radius 3 is 2.20 bits per heavy atom. The third kappa shape index (κ3) is 3.73. The van der Waals surface area contributed by atoms with E-state index in [4.69, 9.17) is 4.74 Å². The van der Waals surface area contributed by atoms with Crippen LogP contribution in [0, 0.1) is 0 Å². The van der Waals surface area contributed by atoms with Crippen LogP contribution in [0.2, 0.25) is 0 Å². The summed E-state index contributed by atoms with van der Waals surface area (Å²) in [6.45, 7) is 10.1. The number of ether oxygens (including phenoxy) is 1. The molecule has 0 saturated carbocycles. The minimum Gasteiger partial charge on any atom is -0.495 e. The van der Waals surface area contributed by atoms with Crippen molar-refractivity contribution in [1.29, 1.82) is 0 Å². The average molecular weight is 278 g/mol. The fourth-order valence-electron chi connectivity index (χ4n) is 1.66. The Morgan fingerprint density at radius 1 is 1.15 bits per heavy atom. The van der Waals surface area contributed by atoms with Crippen LogP contribution in [0.4, 0.5) is 5.69 Å². The van der Waals surface area contributed by atoms with Crippen molar-refractivity contribution >= 4 is 11.6 Å². The van der Waals surface area contributed by atoms with Gasteiger partial charge in [0.15, 0.2) is 0 Å². The molecule has 0 radical (unpaired) electrons. The van der Waals surface area contributed by atoms with E-state index < -0.39 is 5.54 Å². The monoisotopic (exact) mass is 278 g/mol. The second kappa shape index (κ2) is 5.83. The number of anilines is 1. The minimum atomic E-state index is -0.636. The summed E-state index contributed by atoms with van der Waals surface area (Å²) >= 11 is 0. The van der Waals surface area contributed by atoms with Gasteiger partial charge in [-0.3, -0.25) is 4.79 Å². The molecule has 0 aromatic heterocycles. The SMILES string of the molecule is CNC(C)(C)C(=O)Nc1cc(C(C)(C)C)ccc1OC. The number of rotatable bonds is 4. The maximum absolute atomic E-state index is 12.3. The van der Waals surface area contributed by atoms with Crippen molar-refractivity contribution in [2.45, 2.75) is 45.6 Å². The summed E-state index contributed by atoms with van der Waals surface area (Å²) in [7, 11) is 3.37. The van der Waals surface area contributed by atoms with E-state index in [1.165, 1.54) is 0 Å². The molecule has 0 atom stereocenters.